The zero-order valence-corrected chi connectivity index (χ0v) is 18.7. The van der Waals surface area contributed by atoms with Crippen LogP contribution in [0.2, 0.25) is 0 Å². The first-order chi connectivity index (χ1) is 15.8. The molecule has 0 spiro atoms. The zero-order chi connectivity index (χ0) is 23.5. The van der Waals surface area contributed by atoms with Gasteiger partial charge in [-0.25, -0.2) is 4.98 Å². The molecule has 33 heavy (non-hydrogen) atoms. The van der Waals surface area contributed by atoms with Gasteiger partial charge in [-0.2, -0.15) is 0 Å². The van der Waals surface area contributed by atoms with Crippen LogP contribution in [-0.2, 0) is 17.9 Å². The van der Waals surface area contributed by atoms with Crippen molar-refractivity contribution in [1.29, 1.82) is 0 Å². The van der Waals surface area contributed by atoms with Gasteiger partial charge in [0.25, 0.3) is 0 Å². The Morgan fingerprint density at radius 3 is 2.67 bits per heavy atom. The van der Waals surface area contributed by atoms with Crippen LogP contribution in [0.25, 0.3) is 11.0 Å². The summed E-state index contributed by atoms with van der Waals surface area (Å²) in [7, 11) is 0. The summed E-state index contributed by atoms with van der Waals surface area (Å²) in [4.78, 5) is 22.2. The second-order valence-electron chi connectivity index (χ2n) is 8.20. The fraction of sp³-hybridized carbons (Fsp3) is 0.240. The van der Waals surface area contributed by atoms with Gasteiger partial charge in [0.15, 0.2) is 0 Å². The number of aromatic nitrogens is 3. The van der Waals surface area contributed by atoms with E-state index in [-0.39, 0.29) is 12.2 Å². The van der Waals surface area contributed by atoms with E-state index < -0.39 is 5.97 Å². The van der Waals surface area contributed by atoms with Crippen molar-refractivity contribution in [3.8, 4) is 5.75 Å². The molecule has 2 heterocycles. The Kier molecular flexibility index (Phi) is 6.17. The molecule has 4 rings (SSSR count). The quantitative estimate of drug-likeness (QED) is 0.377. The lowest BCUT2D eigenvalue weighted by Crippen LogP contribution is -2.25. The highest BCUT2D eigenvalue weighted by atomic mass is 16.4. The number of nitrogen functional groups attached to an aromatic ring is 1. The van der Waals surface area contributed by atoms with Crippen LogP contribution in [0.1, 0.15) is 28.9 Å². The number of pyridine rings is 1. The predicted octanol–water partition coefficient (Wildman–Crippen LogP) is 3.87. The Morgan fingerprint density at radius 1 is 1.09 bits per heavy atom. The fourth-order valence-electron chi connectivity index (χ4n) is 3.90. The van der Waals surface area contributed by atoms with Crippen molar-refractivity contribution in [3.05, 3.63) is 77.1 Å². The Bertz CT molecular complexity index is 1310. The highest BCUT2D eigenvalue weighted by molar-refractivity contribution is 5.79. The lowest BCUT2D eigenvalue weighted by atomic mass is 10.1. The van der Waals surface area contributed by atoms with Gasteiger partial charge in [-0.15, -0.1) is 0 Å². The van der Waals surface area contributed by atoms with E-state index >= 15 is 0 Å². The second-order valence-corrected chi connectivity index (χ2v) is 8.20. The van der Waals surface area contributed by atoms with Crippen molar-refractivity contribution in [2.45, 2.75) is 33.4 Å². The number of rotatable bonds is 8. The average Bonchev–Trinajstić information content (AvgIpc) is 3.08. The maximum absolute atomic E-state index is 11.2. The van der Waals surface area contributed by atoms with Crippen molar-refractivity contribution in [1.82, 2.24) is 14.5 Å². The normalized spacial score (nSPS) is 11.1. The van der Waals surface area contributed by atoms with Gasteiger partial charge in [-0.1, -0.05) is 18.2 Å². The molecule has 8 heteroatoms. The summed E-state index contributed by atoms with van der Waals surface area (Å²) in [6.07, 6.45) is 0.0410. The van der Waals surface area contributed by atoms with E-state index in [1.165, 1.54) is 0 Å². The van der Waals surface area contributed by atoms with Crippen molar-refractivity contribution >= 4 is 28.6 Å². The molecule has 0 saturated heterocycles. The molecular weight excluding hydrogens is 418 g/mol. The van der Waals surface area contributed by atoms with E-state index in [4.69, 9.17) is 5.73 Å². The molecule has 0 fully saturated rings. The summed E-state index contributed by atoms with van der Waals surface area (Å²) >= 11 is 0. The molecule has 0 aliphatic rings. The molecule has 4 N–H and O–H groups in total. The smallest absolute Gasteiger partial charge is 0.305 e. The van der Waals surface area contributed by atoms with Gasteiger partial charge in [0.05, 0.1) is 24.0 Å². The molecule has 2 aromatic heterocycles. The fourth-order valence-corrected chi connectivity index (χ4v) is 3.90. The molecule has 170 valence electrons. The number of anilines is 2. The number of carbonyl (C=O) groups is 1. The Balaban J connectivity index is 1.68. The molecule has 0 unspecified atom stereocenters. The second kappa shape index (κ2) is 9.20. The molecule has 0 atom stereocenters. The Labute approximate surface area is 191 Å². The third-order valence-electron chi connectivity index (χ3n) is 5.58. The number of hydrogen-bond acceptors (Lipinski definition) is 6. The van der Waals surface area contributed by atoms with Crippen LogP contribution >= 0.6 is 0 Å². The topological polar surface area (TPSA) is 118 Å². The summed E-state index contributed by atoms with van der Waals surface area (Å²) < 4.78 is 1.83. The number of aliphatic carboxylic acids is 1. The van der Waals surface area contributed by atoms with Gasteiger partial charge in [-0.3, -0.25) is 9.78 Å². The van der Waals surface area contributed by atoms with Gasteiger partial charge < -0.3 is 25.4 Å². The highest BCUT2D eigenvalue weighted by Gasteiger charge is 2.15. The number of aromatic hydroxyl groups is 1. The van der Waals surface area contributed by atoms with Crippen LogP contribution in [0.4, 0.5) is 11.6 Å². The molecule has 0 saturated carbocycles. The predicted molar refractivity (Wildman–Crippen MR) is 128 cm³/mol. The summed E-state index contributed by atoms with van der Waals surface area (Å²) in [5.74, 6) is -0.386. The number of imidazole rings is 1. The lowest BCUT2D eigenvalue weighted by molar-refractivity contribution is -0.136. The molecule has 0 aliphatic carbocycles. The number of benzene rings is 2. The third-order valence-corrected chi connectivity index (χ3v) is 5.58. The molecule has 0 radical (unpaired) electrons. The molecule has 0 amide bonds. The summed E-state index contributed by atoms with van der Waals surface area (Å²) in [5.41, 5.74) is 12.2. The zero-order valence-electron chi connectivity index (χ0n) is 18.7. The Hall–Kier alpha value is -4.07. The van der Waals surface area contributed by atoms with Crippen LogP contribution in [-0.4, -0.2) is 37.3 Å². The number of nitrogens with two attached hydrogens (primary N) is 1. The molecule has 8 nitrogen and oxygen atoms in total. The standard InChI is InChI=1S/C25H27N5O3/c1-16-4-3-5-19(12-16)29(11-10-24(32)33)14-18-7-8-20-22(13-18)30(25(26)28-20)15-21-23(31)9-6-17(2)27-21/h3-9,12-13,31H,10-11,14-15H2,1-2H3,(H2,26,28)(H,32,33). The van der Waals surface area contributed by atoms with Crippen molar-refractivity contribution in [2.75, 3.05) is 17.2 Å². The van der Waals surface area contributed by atoms with Gasteiger partial charge in [0.2, 0.25) is 5.95 Å². The van der Waals surface area contributed by atoms with Crippen molar-refractivity contribution in [3.63, 3.8) is 0 Å². The Morgan fingerprint density at radius 2 is 1.91 bits per heavy atom. The van der Waals surface area contributed by atoms with E-state index in [1.54, 1.807) is 12.1 Å². The largest absolute Gasteiger partial charge is 0.506 e. The number of nitrogens with zero attached hydrogens (tertiary/aromatic N) is 4. The van der Waals surface area contributed by atoms with Crippen molar-refractivity contribution in [2.24, 2.45) is 0 Å². The summed E-state index contributed by atoms with van der Waals surface area (Å²) in [5, 5.41) is 19.4. The maximum Gasteiger partial charge on any atom is 0.305 e. The molecular formula is C25H27N5O3. The van der Waals surface area contributed by atoms with E-state index in [0.717, 1.165) is 33.5 Å². The third kappa shape index (κ3) is 5.06. The van der Waals surface area contributed by atoms with Crippen LogP contribution in [0, 0.1) is 13.8 Å². The van der Waals surface area contributed by atoms with Gasteiger partial charge >= 0.3 is 5.97 Å². The monoisotopic (exact) mass is 445 g/mol. The minimum absolute atomic E-state index is 0.0410. The van der Waals surface area contributed by atoms with E-state index in [9.17, 15) is 15.0 Å². The van der Waals surface area contributed by atoms with Crippen LogP contribution < -0.4 is 10.6 Å². The highest BCUT2D eigenvalue weighted by Crippen LogP contribution is 2.25. The van der Waals surface area contributed by atoms with E-state index in [0.29, 0.717) is 31.3 Å². The SMILES string of the molecule is Cc1cccc(N(CCC(=O)O)Cc2ccc3nc(N)n(Cc4nc(C)ccc4O)c3c2)c1. The first-order valence-corrected chi connectivity index (χ1v) is 10.7. The summed E-state index contributed by atoms with van der Waals surface area (Å²) in [6, 6.07) is 17.3. The van der Waals surface area contributed by atoms with Gasteiger partial charge in [0.1, 0.15) is 11.4 Å². The maximum atomic E-state index is 11.2. The van der Waals surface area contributed by atoms with Crippen molar-refractivity contribution < 1.29 is 15.0 Å². The number of carboxylic acid groups (broad SMARTS) is 1. The minimum Gasteiger partial charge on any atom is -0.506 e. The molecule has 0 bridgehead atoms. The van der Waals surface area contributed by atoms with Gasteiger partial charge in [0, 0.05) is 24.5 Å². The number of carboxylic acids is 1. The van der Waals surface area contributed by atoms with E-state index in [1.807, 2.05) is 54.8 Å². The molecule has 0 aliphatic heterocycles. The molecule has 4 aromatic rings. The number of hydrogen-bond donors (Lipinski definition) is 3. The molecule has 2 aromatic carbocycles. The van der Waals surface area contributed by atoms with E-state index in [2.05, 4.69) is 20.9 Å². The van der Waals surface area contributed by atoms with Crippen LogP contribution in [0.3, 0.4) is 0 Å². The van der Waals surface area contributed by atoms with Gasteiger partial charge in [-0.05, 0) is 61.4 Å². The average molecular weight is 446 g/mol. The van der Waals surface area contributed by atoms with Crippen LogP contribution in [0.5, 0.6) is 5.75 Å². The summed E-state index contributed by atoms with van der Waals surface area (Å²) in [6.45, 7) is 5.10. The minimum atomic E-state index is -0.834. The number of aryl methyl sites for hydroxylation is 2. The number of fused-ring (bicyclic) bond motifs is 1. The first kappa shape index (κ1) is 22.1. The first-order valence-electron chi connectivity index (χ1n) is 10.7. The van der Waals surface area contributed by atoms with Crippen LogP contribution in [0.15, 0.2) is 54.6 Å². The lowest BCUT2D eigenvalue weighted by Gasteiger charge is -2.25.